The van der Waals surface area contributed by atoms with Crippen LogP contribution in [0.4, 0.5) is 27.6 Å². The highest BCUT2D eigenvalue weighted by molar-refractivity contribution is 6.35. The molecule has 1 heterocycles. The number of carbonyl (C=O) groups excluding carboxylic acids is 1. The number of amides is 1. The standard InChI is InChI=1S/C24H12Cl3F5N2O2/c1-10-15(24(35)34(33-10)23-21(31)19(29)18(28)20(30)22(23)32)7-12-6-13(25)4-5-17(12)36-9-11-2-3-14(26)8-16(11)27/h2-8H,9H2,1H3/b15-7-. The number of ether oxygens (including phenoxy) is 1. The lowest BCUT2D eigenvalue weighted by Gasteiger charge is -2.15. The van der Waals surface area contributed by atoms with Crippen LogP contribution in [0.3, 0.4) is 0 Å². The van der Waals surface area contributed by atoms with Crippen molar-refractivity contribution in [2.75, 3.05) is 5.01 Å². The molecular weight excluding hydrogens is 550 g/mol. The summed E-state index contributed by atoms with van der Waals surface area (Å²) in [5, 5.41) is 4.91. The summed E-state index contributed by atoms with van der Waals surface area (Å²) in [5.74, 6) is -12.0. The smallest absolute Gasteiger partial charge is 0.280 e. The molecule has 12 heteroatoms. The number of halogens is 8. The average Bonchev–Trinajstić information content (AvgIpc) is 3.10. The van der Waals surface area contributed by atoms with Crippen molar-refractivity contribution in [1.29, 1.82) is 0 Å². The number of benzene rings is 3. The minimum atomic E-state index is -2.35. The van der Waals surface area contributed by atoms with Crippen LogP contribution in [0.1, 0.15) is 18.1 Å². The lowest BCUT2D eigenvalue weighted by molar-refractivity contribution is -0.114. The molecule has 0 aliphatic carbocycles. The predicted octanol–water partition coefficient (Wildman–Crippen LogP) is 7.73. The van der Waals surface area contributed by atoms with Crippen molar-refractivity contribution in [3.8, 4) is 5.75 Å². The Kier molecular flexibility index (Phi) is 7.26. The van der Waals surface area contributed by atoms with Crippen molar-refractivity contribution in [2.24, 2.45) is 5.10 Å². The molecule has 0 spiro atoms. The molecule has 0 saturated carbocycles. The summed E-state index contributed by atoms with van der Waals surface area (Å²) in [6.45, 7) is 1.35. The second kappa shape index (κ2) is 10.1. The van der Waals surface area contributed by atoms with Crippen molar-refractivity contribution in [3.05, 3.63) is 97.3 Å². The predicted molar refractivity (Wildman–Crippen MR) is 127 cm³/mol. The van der Waals surface area contributed by atoms with E-state index >= 15 is 0 Å². The van der Waals surface area contributed by atoms with Gasteiger partial charge in [0, 0.05) is 26.2 Å². The molecule has 0 unspecified atom stereocenters. The van der Waals surface area contributed by atoms with Gasteiger partial charge in [0.15, 0.2) is 23.3 Å². The first-order valence-electron chi connectivity index (χ1n) is 9.99. The van der Waals surface area contributed by atoms with Gasteiger partial charge in [-0.3, -0.25) is 4.79 Å². The highest BCUT2D eigenvalue weighted by Gasteiger charge is 2.37. The Morgan fingerprint density at radius 3 is 2.11 bits per heavy atom. The van der Waals surface area contributed by atoms with Crippen LogP contribution in [0.25, 0.3) is 6.08 Å². The van der Waals surface area contributed by atoms with Gasteiger partial charge in [0.25, 0.3) is 5.91 Å². The molecule has 1 aliphatic heterocycles. The Bertz CT molecular complexity index is 1450. The second-order valence-corrected chi connectivity index (χ2v) is 8.77. The lowest BCUT2D eigenvalue weighted by Crippen LogP contribution is -2.25. The molecular formula is C24H12Cl3F5N2O2. The minimum Gasteiger partial charge on any atom is -0.488 e. The maximum atomic E-state index is 14.3. The number of anilines is 1. The highest BCUT2D eigenvalue weighted by atomic mass is 35.5. The van der Waals surface area contributed by atoms with E-state index in [1.54, 1.807) is 12.1 Å². The number of hydrazone groups is 1. The molecule has 0 fully saturated rings. The molecule has 3 aromatic rings. The average molecular weight is 562 g/mol. The summed E-state index contributed by atoms with van der Waals surface area (Å²) in [7, 11) is 0. The summed E-state index contributed by atoms with van der Waals surface area (Å²) in [6.07, 6.45) is 1.28. The van der Waals surface area contributed by atoms with Crippen LogP contribution < -0.4 is 9.75 Å². The molecule has 4 rings (SSSR count). The molecule has 36 heavy (non-hydrogen) atoms. The molecule has 4 nitrogen and oxygen atoms in total. The van der Waals surface area contributed by atoms with Crippen LogP contribution in [0, 0.1) is 29.1 Å². The van der Waals surface area contributed by atoms with E-state index in [4.69, 9.17) is 39.5 Å². The van der Waals surface area contributed by atoms with E-state index in [-0.39, 0.29) is 39.2 Å². The Balaban J connectivity index is 1.70. The summed E-state index contributed by atoms with van der Waals surface area (Å²) < 4.78 is 75.2. The van der Waals surface area contributed by atoms with Crippen LogP contribution in [0.5, 0.6) is 5.75 Å². The Morgan fingerprint density at radius 1 is 0.889 bits per heavy atom. The number of carbonyl (C=O) groups is 1. The second-order valence-electron chi connectivity index (χ2n) is 7.49. The van der Waals surface area contributed by atoms with Gasteiger partial charge in [-0.1, -0.05) is 40.9 Å². The zero-order chi connectivity index (χ0) is 26.3. The van der Waals surface area contributed by atoms with Crippen molar-refractivity contribution in [3.63, 3.8) is 0 Å². The zero-order valence-corrected chi connectivity index (χ0v) is 20.3. The van der Waals surface area contributed by atoms with Crippen molar-refractivity contribution in [1.82, 2.24) is 0 Å². The lowest BCUT2D eigenvalue weighted by atomic mass is 10.1. The van der Waals surface area contributed by atoms with E-state index in [1.807, 2.05) is 0 Å². The molecule has 0 radical (unpaired) electrons. The Hall–Kier alpha value is -3.14. The van der Waals surface area contributed by atoms with E-state index in [1.165, 1.54) is 37.3 Å². The first-order chi connectivity index (χ1) is 17.0. The van der Waals surface area contributed by atoms with Gasteiger partial charge in [-0.15, -0.1) is 0 Å². The Labute approximate surface area is 216 Å². The van der Waals surface area contributed by atoms with E-state index in [0.29, 0.717) is 15.6 Å². The Morgan fingerprint density at radius 2 is 1.47 bits per heavy atom. The van der Waals surface area contributed by atoms with Crippen LogP contribution >= 0.6 is 34.8 Å². The molecule has 0 aromatic heterocycles. The number of rotatable bonds is 5. The minimum absolute atomic E-state index is 0.0194. The third-order valence-electron chi connectivity index (χ3n) is 5.13. The molecule has 0 atom stereocenters. The molecule has 186 valence electrons. The van der Waals surface area contributed by atoms with Crippen LogP contribution in [0.15, 0.2) is 47.1 Å². The molecule has 0 N–H and O–H groups in total. The van der Waals surface area contributed by atoms with E-state index in [0.717, 1.165) is 0 Å². The topological polar surface area (TPSA) is 41.9 Å². The zero-order valence-electron chi connectivity index (χ0n) is 18.0. The number of hydrogen-bond donors (Lipinski definition) is 0. The quantitative estimate of drug-likeness (QED) is 0.138. The monoisotopic (exact) mass is 560 g/mol. The summed E-state index contributed by atoms with van der Waals surface area (Å²) in [5.41, 5.74) is -0.822. The summed E-state index contributed by atoms with van der Waals surface area (Å²) in [4.78, 5) is 13.0. The molecule has 3 aromatic carbocycles. The van der Waals surface area contributed by atoms with Gasteiger partial charge in [-0.05, 0) is 43.3 Å². The maximum Gasteiger partial charge on any atom is 0.280 e. The van der Waals surface area contributed by atoms with Crippen LogP contribution in [0.2, 0.25) is 15.1 Å². The SMILES string of the molecule is CC1=NN(c2c(F)c(F)c(F)c(F)c2F)C(=O)/C1=C\c1cc(Cl)ccc1OCc1ccc(Cl)cc1Cl. The van der Waals surface area contributed by atoms with Gasteiger partial charge in [0.1, 0.15) is 18.0 Å². The first kappa shape index (κ1) is 25.9. The summed E-state index contributed by atoms with van der Waals surface area (Å²) in [6, 6.07) is 9.33. The van der Waals surface area contributed by atoms with Crippen LogP contribution in [-0.4, -0.2) is 11.6 Å². The number of hydrogen-bond acceptors (Lipinski definition) is 3. The van der Waals surface area contributed by atoms with Gasteiger partial charge in [0.2, 0.25) is 5.82 Å². The van der Waals surface area contributed by atoms with Crippen LogP contribution in [-0.2, 0) is 11.4 Å². The third-order valence-corrected chi connectivity index (χ3v) is 5.95. The van der Waals surface area contributed by atoms with Gasteiger partial charge in [0.05, 0.1) is 11.3 Å². The first-order valence-corrected chi connectivity index (χ1v) is 11.1. The molecule has 1 aliphatic rings. The van der Waals surface area contributed by atoms with Crippen molar-refractivity contribution >= 4 is 58.2 Å². The van der Waals surface area contributed by atoms with Crippen molar-refractivity contribution < 1.29 is 31.5 Å². The van der Waals surface area contributed by atoms with E-state index in [2.05, 4.69) is 5.10 Å². The highest BCUT2D eigenvalue weighted by Crippen LogP contribution is 2.35. The van der Waals surface area contributed by atoms with Gasteiger partial charge < -0.3 is 4.74 Å². The van der Waals surface area contributed by atoms with Gasteiger partial charge in [-0.25, -0.2) is 22.0 Å². The largest absolute Gasteiger partial charge is 0.488 e. The third kappa shape index (κ3) is 4.78. The maximum absolute atomic E-state index is 14.3. The van der Waals surface area contributed by atoms with Gasteiger partial charge >= 0.3 is 0 Å². The van der Waals surface area contributed by atoms with E-state index < -0.39 is 40.7 Å². The van der Waals surface area contributed by atoms with E-state index in [9.17, 15) is 26.7 Å². The normalized spacial score (nSPS) is 14.6. The fourth-order valence-corrected chi connectivity index (χ4v) is 3.97. The number of nitrogens with zero attached hydrogens (tertiary/aromatic N) is 2. The van der Waals surface area contributed by atoms with Gasteiger partial charge in [-0.2, -0.15) is 10.1 Å². The fraction of sp³-hybridized carbons (Fsp3) is 0.0833. The fourth-order valence-electron chi connectivity index (χ4n) is 3.33. The molecule has 0 bridgehead atoms. The summed E-state index contributed by atoms with van der Waals surface area (Å²) >= 11 is 18.2. The van der Waals surface area contributed by atoms with Crippen molar-refractivity contribution in [2.45, 2.75) is 13.5 Å². The molecule has 1 amide bonds. The molecule has 0 saturated heterocycles.